The van der Waals surface area contributed by atoms with E-state index in [1.54, 1.807) is 6.07 Å². The summed E-state index contributed by atoms with van der Waals surface area (Å²) in [5.41, 5.74) is 2.33. The number of fused-ring (bicyclic) bond motifs is 1. The quantitative estimate of drug-likeness (QED) is 0.669. The van der Waals surface area contributed by atoms with Crippen LogP contribution in [-0.4, -0.2) is 4.98 Å². The molecule has 0 amide bonds. The summed E-state index contributed by atoms with van der Waals surface area (Å²) in [6, 6.07) is 5.10. The Kier molecular flexibility index (Phi) is 2.61. The van der Waals surface area contributed by atoms with E-state index in [0.717, 1.165) is 22.9 Å². The van der Waals surface area contributed by atoms with Crippen LogP contribution in [0.3, 0.4) is 0 Å². The summed E-state index contributed by atoms with van der Waals surface area (Å²) in [5.74, 6) is -0.319. The Morgan fingerprint density at radius 1 is 1.40 bits per heavy atom. The second kappa shape index (κ2) is 3.78. The molecule has 0 radical (unpaired) electrons. The molecule has 0 N–H and O–H groups in total. The van der Waals surface area contributed by atoms with E-state index in [1.807, 2.05) is 19.9 Å². The summed E-state index contributed by atoms with van der Waals surface area (Å²) in [6.45, 7) is 3.94. The number of pyridine rings is 1. The second-order valence-electron chi connectivity index (χ2n) is 3.55. The molecule has 0 saturated carbocycles. The topological polar surface area (TPSA) is 12.9 Å². The van der Waals surface area contributed by atoms with Crippen molar-refractivity contribution in [2.24, 2.45) is 0 Å². The van der Waals surface area contributed by atoms with Gasteiger partial charge in [-0.2, -0.15) is 0 Å². The van der Waals surface area contributed by atoms with E-state index in [-0.39, 0.29) is 5.82 Å². The number of halogens is 2. The highest BCUT2D eigenvalue weighted by Gasteiger charge is 2.08. The predicted molar refractivity (Wildman–Crippen MR) is 60.8 cm³/mol. The lowest BCUT2D eigenvalue weighted by atomic mass is 10.1. The lowest BCUT2D eigenvalue weighted by Crippen LogP contribution is -1.92. The summed E-state index contributed by atoms with van der Waals surface area (Å²) >= 11 is 5.95. The van der Waals surface area contributed by atoms with E-state index in [1.165, 1.54) is 6.07 Å². The molecule has 3 heteroatoms. The Hall–Kier alpha value is -1.15. The zero-order valence-corrected chi connectivity index (χ0v) is 9.40. The van der Waals surface area contributed by atoms with Crippen LogP contribution in [0, 0.1) is 12.7 Å². The molecule has 15 heavy (non-hydrogen) atoms. The maximum atomic E-state index is 13.5. The first-order valence-corrected chi connectivity index (χ1v) is 5.25. The predicted octanol–water partition coefficient (Wildman–Crippen LogP) is 3.90. The molecule has 1 aromatic carbocycles. The van der Waals surface area contributed by atoms with Crippen LogP contribution in [0.4, 0.5) is 4.39 Å². The van der Waals surface area contributed by atoms with Crippen molar-refractivity contribution in [1.29, 1.82) is 0 Å². The molecule has 0 spiro atoms. The van der Waals surface area contributed by atoms with E-state index < -0.39 is 0 Å². The van der Waals surface area contributed by atoms with Gasteiger partial charge in [0.25, 0.3) is 0 Å². The van der Waals surface area contributed by atoms with Gasteiger partial charge in [0.1, 0.15) is 16.5 Å². The Balaban J connectivity index is 2.86. The summed E-state index contributed by atoms with van der Waals surface area (Å²) in [4.78, 5) is 4.10. The molecular weight excluding hydrogens is 213 g/mol. The molecule has 1 heterocycles. The first-order valence-electron chi connectivity index (χ1n) is 4.87. The molecular formula is C12H11ClFN. The number of nitrogens with zero attached hydrogens (tertiary/aromatic N) is 1. The summed E-state index contributed by atoms with van der Waals surface area (Å²) in [5, 5.41) is 1.24. The molecule has 0 bridgehead atoms. The van der Waals surface area contributed by atoms with Gasteiger partial charge in [-0.25, -0.2) is 9.37 Å². The number of hydrogen-bond donors (Lipinski definition) is 0. The minimum Gasteiger partial charge on any atom is -0.233 e. The molecule has 1 nitrogen and oxygen atoms in total. The number of rotatable bonds is 1. The zero-order chi connectivity index (χ0) is 11.0. The van der Waals surface area contributed by atoms with Gasteiger partial charge in [0.2, 0.25) is 0 Å². The second-order valence-corrected chi connectivity index (χ2v) is 3.91. The van der Waals surface area contributed by atoms with Crippen LogP contribution in [-0.2, 0) is 6.42 Å². The molecule has 0 unspecified atom stereocenters. The standard InChI is InChI=1S/C12H11ClFN/c1-3-8-6-9-7(2)4-5-10(14)11(9)15-12(8)13/h4-6H,3H2,1-2H3. The van der Waals surface area contributed by atoms with Crippen LogP contribution in [0.25, 0.3) is 10.9 Å². The lowest BCUT2D eigenvalue weighted by molar-refractivity contribution is 0.636. The van der Waals surface area contributed by atoms with E-state index in [4.69, 9.17) is 11.6 Å². The third kappa shape index (κ3) is 1.70. The van der Waals surface area contributed by atoms with Gasteiger partial charge in [0.15, 0.2) is 0 Å². The van der Waals surface area contributed by atoms with Crippen LogP contribution in [0.15, 0.2) is 18.2 Å². The first kappa shape index (κ1) is 10.4. The normalized spacial score (nSPS) is 10.9. The fraction of sp³-hybridized carbons (Fsp3) is 0.250. The van der Waals surface area contributed by atoms with Gasteiger partial charge < -0.3 is 0 Å². The van der Waals surface area contributed by atoms with Gasteiger partial charge in [-0.05, 0) is 36.6 Å². The van der Waals surface area contributed by atoms with Gasteiger partial charge in [-0.1, -0.05) is 24.6 Å². The smallest absolute Gasteiger partial charge is 0.149 e. The SMILES string of the molecule is CCc1cc2c(C)ccc(F)c2nc1Cl. The Morgan fingerprint density at radius 2 is 2.13 bits per heavy atom. The fourth-order valence-corrected chi connectivity index (χ4v) is 1.90. The van der Waals surface area contributed by atoms with Crippen molar-refractivity contribution in [1.82, 2.24) is 4.98 Å². The van der Waals surface area contributed by atoms with Gasteiger partial charge in [-0.15, -0.1) is 0 Å². The number of hydrogen-bond acceptors (Lipinski definition) is 1. The highest BCUT2D eigenvalue weighted by Crippen LogP contribution is 2.25. The molecule has 0 aliphatic rings. The fourth-order valence-electron chi connectivity index (χ4n) is 1.63. The lowest BCUT2D eigenvalue weighted by Gasteiger charge is -2.06. The van der Waals surface area contributed by atoms with E-state index in [2.05, 4.69) is 4.98 Å². The van der Waals surface area contributed by atoms with Gasteiger partial charge in [-0.3, -0.25) is 0 Å². The molecule has 78 valence electrons. The summed E-state index contributed by atoms with van der Waals surface area (Å²) < 4.78 is 13.5. The zero-order valence-electron chi connectivity index (χ0n) is 8.64. The van der Waals surface area contributed by atoms with Crippen LogP contribution in [0.5, 0.6) is 0 Å². The third-order valence-electron chi connectivity index (χ3n) is 2.56. The molecule has 2 aromatic rings. The monoisotopic (exact) mass is 223 g/mol. The highest BCUT2D eigenvalue weighted by atomic mass is 35.5. The summed E-state index contributed by atoms with van der Waals surface area (Å²) in [6.07, 6.45) is 0.803. The van der Waals surface area contributed by atoms with Crippen molar-refractivity contribution < 1.29 is 4.39 Å². The van der Waals surface area contributed by atoms with Crippen molar-refractivity contribution in [3.63, 3.8) is 0 Å². The van der Waals surface area contributed by atoms with Crippen LogP contribution in [0.1, 0.15) is 18.1 Å². The average molecular weight is 224 g/mol. The van der Waals surface area contributed by atoms with Crippen LogP contribution < -0.4 is 0 Å². The van der Waals surface area contributed by atoms with E-state index >= 15 is 0 Å². The van der Waals surface area contributed by atoms with E-state index in [0.29, 0.717) is 10.7 Å². The number of aromatic nitrogens is 1. The van der Waals surface area contributed by atoms with Gasteiger partial charge >= 0.3 is 0 Å². The van der Waals surface area contributed by atoms with Crippen molar-refractivity contribution >= 4 is 22.5 Å². The van der Waals surface area contributed by atoms with Crippen molar-refractivity contribution in [2.45, 2.75) is 20.3 Å². The van der Waals surface area contributed by atoms with Gasteiger partial charge in [0, 0.05) is 5.39 Å². The van der Waals surface area contributed by atoms with Crippen molar-refractivity contribution in [3.8, 4) is 0 Å². The number of benzene rings is 1. The minimum atomic E-state index is -0.319. The maximum absolute atomic E-state index is 13.5. The van der Waals surface area contributed by atoms with Crippen molar-refractivity contribution in [3.05, 3.63) is 40.3 Å². The average Bonchev–Trinajstić information content (AvgIpc) is 2.23. The molecule has 1 aromatic heterocycles. The molecule has 0 fully saturated rings. The van der Waals surface area contributed by atoms with Gasteiger partial charge in [0.05, 0.1) is 0 Å². The maximum Gasteiger partial charge on any atom is 0.149 e. The van der Waals surface area contributed by atoms with Crippen molar-refractivity contribution in [2.75, 3.05) is 0 Å². The first-order chi connectivity index (χ1) is 7.13. The van der Waals surface area contributed by atoms with Crippen LogP contribution in [0.2, 0.25) is 5.15 Å². The van der Waals surface area contributed by atoms with Crippen LogP contribution >= 0.6 is 11.6 Å². The molecule has 0 aliphatic heterocycles. The molecule has 2 rings (SSSR count). The third-order valence-corrected chi connectivity index (χ3v) is 2.89. The highest BCUT2D eigenvalue weighted by molar-refractivity contribution is 6.30. The summed E-state index contributed by atoms with van der Waals surface area (Å²) in [7, 11) is 0. The molecule has 0 atom stereocenters. The minimum absolute atomic E-state index is 0.319. The number of aryl methyl sites for hydroxylation is 2. The van der Waals surface area contributed by atoms with E-state index in [9.17, 15) is 4.39 Å². The molecule has 0 saturated heterocycles. The largest absolute Gasteiger partial charge is 0.233 e. The Bertz CT molecular complexity index is 523. The Labute approximate surface area is 92.9 Å². The Morgan fingerprint density at radius 3 is 2.80 bits per heavy atom. The molecule has 0 aliphatic carbocycles.